The zero-order valence-electron chi connectivity index (χ0n) is 9.12. The molecule has 0 saturated heterocycles. The van der Waals surface area contributed by atoms with Crippen LogP contribution in [-0.4, -0.2) is 9.97 Å². The maximum Gasteiger partial charge on any atom is 0.161 e. The number of nitrogens with zero attached hydrogens (tertiary/aromatic N) is 2. The molecule has 0 atom stereocenters. The van der Waals surface area contributed by atoms with Gasteiger partial charge in [0.25, 0.3) is 0 Å². The van der Waals surface area contributed by atoms with Crippen molar-refractivity contribution in [3.05, 3.63) is 44.8 Å². The molecule has 0 unspecified atom stereocenters. The van der Waals surface area contributed by atoms with Crippen molar-refractivity contribution in [1.29, 1.82) is 0 Å². The Bertz CT molecular complexity index is 767. The van der Waals surface area contributed by atoms with Gasteiger partial charge in [-0.2, -0.15) is 0 Å². The van der Waals surface area contributed by atoms with Gasteiger partial charge >= 0.3 is 0 Å². The van der Waals surface area contributed by atoms with E-state index in [1.807, 2.05) is 5.38 Å². The third-order valence-electron chi connectivity index (χ3n) is 2.50. The number of halogens is 4. The van der Waals surface area contributed by atoms with E-state index in [-0.39, 0.29) is 21.0 Å². The van der Waals surface area contributed by atoms with Crippen LogP contribution in [0.5, 0.6) is 0 Å². The molecular weight excluding hydrogens is 358 g/mol. The lowest BCUT2D eigenvalue weighted by molar-refractivity contribution is 0.572. The largest absolute Gasteiger partial charge is 0.227 e. The van der Waals surface area contributed by atoms with Gasteiger partial charge in [-0.05, 0) is 39.5 Å². The Kier molecular flexibility index (Phi) is 3.24. The van der Waals surface area contributed by atoms with Gasteiger partial charge in [0.1, 0.15) is 11.6 Å². The molecule has 1 aromatic carbocycles. The monoisotopic (exact) mass is 360 g/mol. The minimum absolute atomic E-state index is 0.196. The van der Waals surface area contributed by atoms with Crippen LogP contribution in [0, 0.1) is 11.6 Å². The summed E-state index contributed by atoms with van der Waals surface area (Å²) in [6, 6.07) is 4.11. The molecule has 7 heteroatoms. The summed E-state index contributed by atoms with van der Waals surface area (Å²) < 4.78 is 27.6. The number of fused-ring (bicyclic) bond motifs is 1. The van der Waals surface area contributed by atoms with Crippen molar-refractivity contribution in [3.8, 4) is 11.4 Å². The summed E-state index contributed by atoms with van der Waals surface area (Å²) in [5.74, 6) is -1.22. The van der Waals surface area contributed by atoms with E-state index < -0.39 is 11.6 Å². The van der Waals surface area contributed by atoms with Crippen molar-refractivity contribution >= 4 is 49.1 Å². The van der Waals surface area contributed by atoms with Crippen LogP contribution >= 0.6 is 38.9 Å². The molecule has 0 spiro atoms. The summed E-state index contributed by atoms with van der Waals surface area (Å²) in [5, 5.41) is 2.11. The van der Waals surface area contributed by atoms with E-state index in [0.29, 0.717) is 5.52 Å². The molecule has 3 rings (SSSR count). The highest BCUT2D eigenvalue weighted by atomic mass is 79.9. The number of hydrogen-bond acceptors (Lipinski definition) is 3. The van der Waals surface area contributed by atoms with E-state index >= 15 is 0 Å². The summed E-state index contributed by atoms with van der Waals surface area (Å²) in [4.78, 5) is 8.32. The SMILES string of the molecule is Fc1cc(-c2nc(Cl)c3sccc3n2)cc(F)c1Br. The zero-order valence-corrected chi connectivity index (χ0v) is 12.3. The van der Waals surface area contributed by atoms with Gasteiger partial charge in [0, 0.05) is 5.56 Å². The summed E-state index contributed by atoms with van der Waals surface area (Å²) in [5.41, 5.74) is 0.900. The standard InChI is InChI=1S/C12H4BrClF2N2S/c13-9-6(15)3-5(4-7(9)16)12-17-8-1-2-19-10(8)11(14)18-12/h1-4H. The quantitative estimate of drug-likeness (QED) is 0.447. The predicted octanol–water partition coefficient (Wildman–Crippen LogP) is 5.05. The maximum atomic E-state index is 13.5. The lowest BCUT2D eigenvalue weighted by atomic mass is 10.2. The second kappa shape index (κ2) is 4.77. The van der Waals surface area contributed by atoms with E-state index in [2.05, 4.69) is 25.9 Å². The van der Waals surface area contributed by atoms with Gasteiger partial charge in [0.05, 0.1) is 14.7 Å². The van der Waals surface area contributed by atoms with Crippen LogP contribution in [-0.2, 0) is 0 Å². The number of hydrogen-bond donors (Lipinski definition) is 0. The van der Waals surface area contributed by atoms with E-state index in [9.17, 15) is 8.78 Å². The van der Waals surface area contributed by atoms with E-state index in [4.69, 9.17) is 11.6 Å². The summed E-state index contributed by atoms with van der Waals surface area (Å²) in [6.07, 6.45) is 0. The second-order valence-corrected chi connectivity index (χ2v) is 5.79. The first-order chi connectivity index (χ1) is 9.06. The van der Waals surface area contributed by atoms with Gasteiger partial charge in [-0.1, -0.05) is 11.6 Å². The topological polar surface area (TPSA) is 25.8 Å². The lowest BCUT2D eigenvalue weighted by Gasteiger charge is -2.04. The smallest absolute Gasteiger partial charge is 0.161 e. The normalized spacial score (nSPS) is 11.2. The van der Waals surface area contributed by atoms with Crippen molar-refractivity contribution < 1.29 is 8.78 Å². The summed E-state index contributed by atoms with van der Waals surface area (Å²) >= 11 is 10.3. The second-order valence-electron chi connectivity index (χ2n) is 3.73. The van der Waals surface area contributed by atoms with E-state index in [1.165, 1.54) is 11.3 Å². The fourth-order valence-corrected chi connectivity index (χ4v) is 2.89. The Balaban J connectivity index is 2.24. The van der Waals surface area contributed by atoms with Crippen LogP contribution < -0.4 is 0 Å². The molecule has 0 aliphatic heterocycles. The minimum Gasteiger partial charge on any atom is -0.227 e. The first-order valence-corrected chi connectivity index (χ1v) is 7.17. The van der Waals surface area contributed by atoms with Crippen molar-refractivity contribution in [1.82, 2.24) is 9.97 Å². The lowest BCUT2D eigenvalue weighted by Crippen LogP contribution is -1.93. The molecule has 0 bridgehead atoms. The van der Waals surface area contributed by atoms with Crippen LogP contribution in [0.4, 0.5) is 8.78 Å². The first-order valence-electron chi connectivity index (χ1n) is 5.12. The van der Waals surface area contributed by atoms with Crippen molar-refractivity contribution in [2.75, 3.05) is 0 Å². The van der Waals surface area contributed by atoms with Gasteiger partial charge < -0.3 is 0 Å². The zero-order chi connectivity index (χ0) is 13.6. The van der Waals surface area contributed by atoms with Gasteiger partial charge in [-0.3, -0.25) is 0 Å². The Morgan fingerprint density at radius 2 is 1.84 bits per heavy atom. The van der Waals surface area contributed by atoms with E-state index in [0.717, 1.165) is 16.8 Å². The Hall–Kier alpha value is -1.11. The number of benzene rings is 1. The molecule has 2 heterocycles. The van der Waals surface area contributed by atoms with Gasteiger partial charge in [-0.25, -0.2) is 18.7 Å². The van der Waals surface area contributed by atoms with Gasteiger partial charge in [0.15, 0.2) is 11.0 Å². The molecule has 2 nitrogen and oxygen atoms in total. The fraction of sp³-hybridized carbons (Fsp3) is 0. The maximum absolute atomic E-state index is 13.5. The Morgan fingerprint density at radius 1 is 1.16 bits per heavy atom. The van der Waals surface area contributed by atoms with Crippen LogP contribution in [0.1, 0.15) is 0 Å². The van der Waals surface area contributed by atoms with Crippen LogP contribution in [0.15, 0.2) is 28.1 Å². The van der Waals surface area contributed by atoms with Crippen LogP contribution in [0.25, 0.3) is 21.6 Å². The predicted molar refractivity (Wildman–Crippen MR) is 75.5 cm³/mol. The highest BCUT2D eigenvalue weighted by molar-refractivity contribution is 9.10. The first kappa shape index (κ1) is 12.9. The van der Waals surface area contributed by atoms with Crippen molar-refractivity contribution in [2.24, 2.45) is 0 Å². The van der Waals surface area contributed by atoms with Gasteiger partial charge in [-0.15, -0.1) is 11.3 Å². The third kappa shape index (κ3) is 2.24. The molecule has 0 saturated carbocycles. The van der Waals surface area contributed by atoms with Crippen molar-refractivity contribution in [3.63, 3.8) is 0 Å². The summed E-state index contributed by atoms with van der Waals surface area (Å²) in [6.45, 7) is 0. The average Bonchev–Trinajstić information content (AvgIpc) is 2.84. The molecule has 2 aromatic heterocycles. The summed E-state index contributed by atoms with van der Waals surface area (Å²) in [7, 11) is 0. The minimum atomic E-state index is -0.708. The van der Waals surface area contributed by atoms with Crippen LogP contribution in [0.2, 0.25) is 5.15 Å². The molecule has 96 valence electrons. The van der Waals surface area contributed by atoms with Gasteiger partial charge in [0.2, 0.25) is 0 Å². The Labute approximate surface area is 124 Å². The average molecular weight is 362 g/mol. The number of aromatic nitrogens is 2. The van der Waals surface area contributed by atoms with E-state index in [1.54, 1.807) is 6.07 Å². The molecular formula is C12H4BrClF2N2S. The molecule has 0 N–H and O–H groups in total. The third-order valence-corrected chi connectivity index (χ3v) is 4.56. The van der Waals surface area contributed by atoms with Crippen molar-refractivity contribution in [2.45, 2.75) is 0 Å². The molecule has 0 aliphatic carbocycles. The number of thiophene rings is 1. The fourth-order valence-electron chi connectivity index (χ4n) is 1.64. The number of rotatable bonds is 1. The molecule has 3 aromatic rings. The van der Waals surface area contributed by atoms with Crippen LogP contribution in [0.3, 0.4) is 0 Å². The highest BCUT2D eigenvalue weighted by Gasteiger charge is 2.13. The highest BCUT2D eigenvalue weighted by Crippen LogP contribution is 2.30. The molecule has 0 fully saturated rings. The molecule has 0 radical (unpaired) electrons. The molecule has 0 amide bonds. The Morgan fingerprint density at radius 3 is 2.53 bits per heavy atom. The molecule has 0 aliphatic rings. The molecule has 19 heavy (non-hydrogen) atoms.